The molecule has 0 bridgehead atoms. The van der Waals surface area contributed by atoms with Crippen molar-refractivity contribution in [3.8, 4) is 0 Å². The molecule has 17 heavy (non-hydrogen) atoms. The van der Waals surface area contributed by atoms with E-state index in [2.05, 4.69) is 15.5 Å². The first-order valence-electron chi connectivity index (χ1n) is 5.75. The van der Waals surface area contributed by atoms with E-state index in [0.29, 0.717) is 22.8 Å². The van der Waals surface area contributed by atoms with Crippen molar-refractivity contribution in [1.82, 2.24) is 15.5 Å². The van der Waals surface area contributed by atoms with Gasteiger partial charge in [-0.15, -0.1) is 10.2 Å². The highest BCUT2D eigenvalue weighted by Gasteiger charge is 2.21. The lowest BCUT2D eigenvalue weighted by molar-refractivity contribution is 0.113. The van der Waals surface area contributed by atoms with Gasteiger partial charge in [0.2, 0.25) is 5.89 Å². The Morgan fingerprint density at radius 3 is 3.12 bits per heavy atom. The Kier molecular flexibility index (Phi) is 4.78. The third-order valence-electron chi connectivity index (χ3n) is 2.68. The molecule has 0 saturated carbocycles. The normalized spacial score (nSPS) is 22.6. The van der Waals surface area contributed by atoms with Crippen molar-refractivity contribution in [1.29, 1.82) is 0 Å². The first kappa shape index (κ1) is 12.8. The molecule has 1 aliphatic rings. The summed E-state index contributed by atoms with van der Waals surface area (Å²) in [5.74, 6) is 1.33. The molecule has 0 aliphatic carbocycles. The lowest BCUT2D eigenvalue weighted by Crippen LogP contribution is -2.28. The zero-order valence-corrected chi connectivity index (χ0v) is 10.3. The van der Waals surface area contributed by atoms with Crippen LogP contribution in [0, 0.1) is 0 Å². The van der Waals surface area contributed by atoms with E-state index in [0.717, 1.165) is 25.9 Å². The van der Waals surface area contributed by atoms with Crippen LogP contribution in [-0.4, -0.2) is 52.0 Å². The predicted octanol–water partition coefficient (Wildman–Crippen LogP) is -0.0181. The van der Waals surface area contributed by atoms with Crippen LogP contribution in [-0.2, 0) is 0 Å². The molecule has 2 unspecified atom stereocenters. The number of piperidine rings is 1. The summed E-state index contributed by atoms with van der Waals surface area (Å²) < 4.78 is 5.53. The highest BCUT2D eigenvalue weighted by atomic mass is 32.2. The number of hydrogen-bond donors (Lipinski definition) is 3. The van der Waals surface area contributed by atoms with Gasteiger partial charge >= 0.3 is 0 Å². The van der Waals surface area contributed by atoms with E-state index in [1.165, 1.54) is 11.8 Å². The van der Waals surface area contributed by atoms with Crippen molar-refractivity contribution in [3.63, 3.8) is 0 Å². The van der Waals surface area contributed by atoms with E-state index < -0.39 is 6.10 Å². The summed E-state index contributed by atoms with van der Waals surface area (Å²) in [6.07, 6.45) is 1.45. The molecule has 6 nitrogen and oxygen atoms in total. The van der Waals surface area contributed by atoms with Gasteiger partial charge in [0.05, 0.1) is 12.7 Å². The molecule has 0 radical (unpaired) electrons. The van der Waals surface area contributed by atoms with E-state index in [1.807, 2.05) is 0 Å². The number of hydrogen-bond acceptors (Lipinski definition) is 7. The van der Waals surface area contributed by atoms with Gasteiger partial charge in [0.1, 0.15) is 0 Å². The van der Waals surface area contributed by atoms with E-state index in [-0.39, 0.29) is 6.61 Å². The van der Waals surface area contributed by atoms with Crippen LogP contribution in [0.2, 0.25) is 0 Å². The zero-order chi connectivity index (χ0) is 12.1. The van der Waals surface area contributed by atoms with Crippen molar-refractivity contribution < 1.29 is 14.6 Å². The quantitative estimate of drug-likeness (QED) is 0.640. The van der Waals surface area contributed by atoms with Gasteiger partial charge in [-0.25, -0.2) is 0 Å². The fraction of sp³-hybridized carbons (Fsp3) is 0.800. The van der Waals surface area contributed by atoms with E-state index >= 15 is 0 Å². The maximum Gasteiger partial charge on any atom is 0.276 e. The van der Waals surface area contributed by atoms with Crippen LogP contribution in [0.5, 0.6) is 0 Å². The second-order valence-electron chi connectivity index (χ2n) is 4.10. The second-order valence-corrected chi connectivity index (χ2v) is 5.07. The van der Waals surface area contributed by atoms with Gasteiger partial charge in [0.15, 0.2) is 0 Å². The van der Waals surface area contributed by atoms with E-state index in [4.69, 9.17) is 9.52 Å². The summed E-state index contributed by atoms with van der Waals surface area (Å²) in [4.78, 5) is 0. The average Bonchev–Trinajstić information content (AvgIpc) is 2.86. The summed E-state index contributed by atoms with van der Waals surface area (Å²) in [6, 6.07) is 0. The fourth-order valence-corrected chi connectivity index (χ4v) is 2.41. The number of thioether (sulfide) groups is 1. The lowest BCUT2D eigenvalue weighted by atomic mass is 10.00. The molecule has 2 heterocycles. The van der Waals surface area contributed by atoms with Crippen LogP contribution < -0.4 is 5.32 Å². The lowest BCUT2D eigenvalue weighted by Gasteiger charge is -2.18. The molecule has 0 spiro atoms. The van der Waals surface area contributed by atoms with Gasteiger partial charge in [-0.2, -0.15) is 0 Å². The van der Waals surface area contributed by atoms with Crippen LogP contribution in [0.15, 0.2) is 9.64 Å². The molecule has 1 aromatic heterocycles. The van der Waals surface area contributed by atoms with Crippen LogP contribution >= 0.6 is 11.8 Å². The Hall–Kier alpha value is -0.630. The first-order valence-corrected chi connectivity index (χ1v) is 6.74. The minimum Gasteiger partial charge on any atom is -0.416 e. The van der Waals surface area contributed by atoms with E-state index in [1.54, 1.807) is 0 Å². The Morgan fingerprint density at radius 2 is 2.41 bits per heavy atom. The van der Waals surface area contributed by atoms with Crippen LogP contribution in [0.4, 0.5) is 0 Å². The molecule has 2 atom stereocenters. The minimum atomic E-state index is -0.744. The van der Waals surface area contributed by atoms with Gasteiger partial charge in [0.25, 0.3) is 5.22 Å². The number of aliphatic hydroxyl groups is 2. The molecule has 1 saturated heterocycles. The molecular formula is C10H17N3O3S. The summed E-state index contributed by atoms with van der Waals surface area (Å²) >= 11 is 1.27. The van der Waals surface area contributed by atoms with Crippen LogP contribution in [0.1, 0.15) is 24.7 Å². The number of nitrogens with zero attached hydrogens (tertiary/aromatic N) is 2. The second kappa shape index (κ2) is 6.34. The summed E-state index contributed by atoms with van der Waals surface area (Å²) in [6.45, 7) is 1.68. The average molecular weight is 259 g/mol. The number of nitrogens with one attached hydrogen (secondary N) is 1. The first-order chi connectivity index (χ1) is 8.29. The zero-order valence-electron chi connectivity index (χ0n) is 9.50. The summed E-state index contributed by atoms with van der Waals surface area (Å²) in [5.41, 5.74) is 0. The Morgan fingerprint density at radius 1 is 1.53 bits per heavy atom. The molecule has 1 aliphatic heterocycles. The number of aliphatic hydroxyl groups excluding tert-OH is 2. The topological polar surface area (TPSA) is 91.4 Å². The van der Waals surface area contributed by atoms with Crippen molar-refractivity contribution in [2.24, 2.45) is 0 Å². The van der Waals surface area contributed by atoms with Crippen molar-refractivity contribution in [3.05, 3.63) is 5.89 Å². The molecule has 0 aromatic carbocycles. The largest absolute Gasteiger partial charge is 0.416 e. The molecule has 96 valence electrons. The van der Waals surface area contributed by atoms with Crippen molar-refractivity contribution in [2.75, 3.05) is 25.4 Å². The highest BCUT2D eigenvalue weighted by Crippen LogP contribution is 2.25. The number of rotatable bonds is 5. The van der Waals surface area contributed by atoms with Gasteiger partial charge in [-0.05, 0) is 19.4 Å². The molecular weight excluding hydrogens is 242 g/mol. The van der Waals surface area contributed by atoms with Crippen molar-refractivity contribution >= 4 is 11.8 Å². The van der Waals surface area contributed by atoms with Crippen LogP contribution in [0.3, 0.4) is 0 Å². The SMILES string of the molecule is OCC(O)CSc1nnc(C2CCCNC2)o1. The number of aromatic nitrogens is 2. The maximum absolute atomic E-state index is 9.20. The standard InChI is InChI=1S/C10H17N3O3S/c14-5-8(15)6-17-10-13-12-9(16-10)7-2-1-3-11-4-7/h7-8,11,14-15H,1-6H2. The third kappa shape index (κ3) is 3.67. The minimum absolute atomic E-state index is 0.249. The Labute approximate surface area is 104 Å². The van der Waals surface area contributed by atoms with Gasteiger partial charge in [-0.3, -0.25) is 0 Å². The molecule has 7 heteroatoms. The van der Waals surface area contributed by atoms with Gasteiger partial charge in [0, 0.05) is 18.2 Å². The molecule has 1 fully saturated rings. The molecule has 2 rings (SSSR count). The van der Waals surface area contributed by atoms with Crippen molar-refractivity contribution in [2.45, 2.75) is 30.1 Å². The van der Waals surface area contributed by atoms with Gasteiger partial charge < -0.3 is 19.9 Å². The van der Waals surface area contributed by atoms with Crippen LogP contribution in [0.25, 0.3) is 0 Å². The molecule has 3 N–H and O–H groups in total. The summed E-state index contributed by atoms with van der Waals surface area (Å²) in [7, 11) is 0. The van der Waals surface area contributed by atoms with E-state index in [9.17, 15) is 5.11 Å². The van der Waals surface area contributed by atoms with Gasteiger partial charge in [-0.1, -0.05) is 11.8 Å². The Bertz CT molecular complexity index is 341. The fourth-order valence-electron chi connectivity index (χ4n) is 1.73. The monoisotopic (exact) mass is 259 g/mol. The molecule has 1 aromatic rings. The molecule has 0 amide bonds. The third-order valence-corrected chi connectivity index (χ3v) is 3.64. The summed E-state index contributed by atoms with van der Waals surface area (Å²) in [5, 5.41) is 29.6. The predicted molar refractivity (Wildman–Crippen MR) is 63.0 cm³/mol. The maximum atomic E-state index is 9.20. The Balaban J connectivity index is 1.86. The highest BCUT2D eigenvalue weighted by molar-refractivity contribution is 7.99. The smallest absolute Gasteiger partial charge is 0.276 e.